The molecule has 0 aliphatic carbocycles. The Hall–Kier alpha value is -1.55. The van der Waals surface area contributed by atoms with Crippen LogP contribution in [0.1, 0.15) is 48.5 Å². The van der Waals surface area contributed by atoms with Crippen molar-refractivity contribution in [1.82, 2.24) is 4.90 Å². The summed E-state index contributed by atoms with van der Waals surface area (Å²) >= 11 is 0. The van der Waals surface area contributed by atoms with Gasteiger partial charge in [-0.15, -0.1) is 0 Å². The molecule has 2 aliphatic rings. The van der Waals surface area contributed by atoms with Crippen LogP contribution in [0.5, 0.6) is 0 Å². The van der Waals surface area contributed by atoms with Crippen molar-refractivity contribution in [3.63, 3.8) is 0 Å². The molecular formula is C19H29N3O. The zero-order valence-electron chi connectivity index (χ0n) is 14.4. The second-order valence-electron chi connectivity index (χ2n) is 7.23. The van der Waals surface area contributed by atoms with Crippen LogP contribution in [-0.4, -0.2) is 43.0 Å². The molecular weight excluding hydrogens is 286 g/mol. The third-order valence-corrected chi connectivity index (χ3v) is 5.32. The highest BCUT2D eigenvalue weighted by atomic mass is 16.2. The molecule has 0 aromatic heterocycles. The lowest BCUT2D eigenvalue weighted by atomic mass is 9.91. The van der Waals surface area contributed by atoms with Gasteiger partial charge in [-0.1, -0.05) is 11.6 Å². The van der Waals surface area contributed by atoms with Crippen LogP contribution in [0.3, 0.4) is 0 Å². The summed E-state index contributed by atoms with van der Waals surface area (Å²) < 4.78 is 0. The van der Waals surface area contributed by atoms with E-state index in [1.54, 1.807) is 0 Å². The van der Waals surface area contributed by atoms with Crippen LogP contribution in [-0.2, 0) is 0 Å². The van der Waals surface area contributed by atoms with Crippen molar-refractivity contribution in [3.05, 3.63) is 29.3 Å². The largest absolute Gasteiger partial charge is 0.371 e. The molecule has 2 N–H and O–H groups in total. The summed E-state index contributed by atoms with van der Waals surface area (Å²) in [7, 11) is 0. The van der Waals surface area contributed by atoms with Gasteiger partial charge in [0.25, 0.3) is 5.91 Å². The second kappa shape index (κ2) is 6.91. The third-order valence-electron chi connectivity index (χ3n) is 5.32. The Morgan fingerprint density at radius 2 is 1.96 bits per heavy atom. The molecule has 2 atom stereocenters. The molecule has 0 bridgehead atoms. The number of hydrogen-bond donors (Lipinski definition) is 1. The van der Waals surface area contributed by atoms with E-state index in [1.165, 1.54) is 12.8 Å². The maximum atomic E-state index is 13.2. The van der Waals surface area contributed by atoms with Gasteiger partial charge in [0.15, 0.2) is 0 Å². The van der Waals surface area contributed by atoms with Gasteiger partial charge in [0.2, 0.25) is 0 Å². The van der Waals surface area contributed by atoms with Gasteiger partial charge in [0, 0.05) is 37.9 Å². The summed E-state index contributed by atoms with van der Waals surface area (Å²) in [4.78, 5) is 17.5. The number of hydrogen-bond acceptors (Lipinski definition) is 3. The number of benzene rings is 1. The summed E-state index contributed by atoms with van der Waals surface area (Å²) in [5.74, 6) is 0.605. The highest BCUT2D eigenvalue weighted by molar-refractivity contribution is 6.00. The van der Waals surface area contributed by atoms with Crippen LogP contribution < -0.4 is 10.6 Å². The number of nitrogens with two attached hydrogens (primary N) is 1. The van der Waals surface area contributed by atoms with Gasteiger partial charge >= 0.3 is 0 Å². The SMILES string of the molecule is Cc1ccc(N2CCCC2)c(C(=O)N2CCC[C@@H]([C@H](C)N)C2)c1. The van der Waals surface area contributed by atoms with Crippen molar-refractivity contribution in [2.45, 2.75) is 45.6 Å². The quantitative estimate of drug-likeness (QED) is 0.933. The van der Waals surface area contributed by atoms with Gasteiger partial charge in [0.1, 0.15) is 0 Å². The topological polar surface area (TPSA) is 49.6 Å². The van der Waals surface area contributed by atoms with Gasteiger partial charge in [-0.3, -0.25) is 4.79 Å². The first-order chi connectivity index (χ1) is 11.1. The van der Waals surface area contributed by atoms with E-state index < -0.39 is 0 Å². The fourth-order valence-electron chi connectivity index (χ4n) is 3.85. The van der Waals surface area contributed by atoms with Crippen molar-refractivity contribution < 1.29 is 4.79 Å². The number of anilines is 1. The van der Waals surface area contributed by atoms with E-state index in [1.807, 2.05) is 4.90 Å². The molecule has 1 aromatic carbocycles. The second-order valence-corrected chi connectivity index (χ2v) is 7.23. The van der Waals surface area contributed by atoms with Gasteiger partial charge in [-0.05, 0) is 57.6 Å². The van der Waals surface area contributed by atoms with Crippen LogP contribution in [0.4, 0.5) is 5.69 Å². The van der Waals surface area contributed by atoms with E-state index in [9.17, 15) is 4.79 Å². The number of amides is 1. The van der Waals surface area contributed by atoms with E-state index in [2.05, 4.69) is 36.9 Å². The monoisotopic (exact) mass is 315 g/mol. The third kappa shape index (κ3) is 3.52. The van der Waals surface area contributed by atoms with E-state index in [-0.39, 0.29) is 11.9 Å². The molecule has 0 unspecified atom stereocenters. The summed E-state index contributed by atoms with van der Waals surface area (Å²) in [5.41, 5.74) is 9.21. The number of carbonyl (C=O) groups excluding carboxylic acids is 1. The summed E-state index contributed by atoms with van der Waals surface area (Å²) in [6, 6.07) is 6.46. The Bertz CT molecular complexity index is 564. The molecule has 0 spiro atoms. The van der Waals surface area contributed by atoms with Gasteiger partial charge in [0.05, 0.1) is 5.56 Å². The number of aryl methyl sites for hydroxylation is 1. The van der Waals surface area contributed by atoms with E-state index >= 15 is 0 Å². The average molecular weight is 315 g/mol. The Labute approximate surface area is 139 Å². The van der Waals surface area contributed by atoms with E-state index in [0.717, 1.165) is 55.8 Å². The number of carbonyl (C=O) groups is 1. The van der Waals surface area contributed by atoms with Gasteiger partial charge in [-0.2, -0.15) is 0 Å². The van der Waals surface area contributed by atoms with Crippen LogP contribution in [0, 0.1) is 12.8 Å². The molecule has 2 heterocycles. The number of likely N-dealkylation sites (tertiary alicyclic amines) is 1. The summed E-state index contributed by atoms with van der Waals surface area (Å²) in [6.07, 6.45) is 4.63. The fraction of sp³-hybridized carbons (Fsp3) is 0.632. The van der Waals surface area contributed by atoms with Crippen molar-refractivity contribution in [3.8, 4) is 0 Å². The zero-order chi connectivity index (χ0) is 16.4. The minimum absolute atomic E-state index is 0.154. The lowest BCUT2D eigenvalue weighted by Gasteiger charge is -2.35. The highest BCUT2D eigenvalue weighted by Crippen LogP contribution is 2.28. The molecule has 1 aromatic rings. The van der Waals surface area contributed by atoms with E-state index in [0.29, 0.717) is 5.92 Å². The maximum Gasteiger partial charge on any atom is 0.255 e. The Morgan fingerprint density at radius 1 is 1.22 bits per heavy atom. The Balaban J connectivity index is 1.84. The Kier molecular flexibility index (Phi) is 4.90. The lowest BCUT2D eigenvalue weighted by molar-refractivity contribution is 0.0661. The zero-order valence-corrected chi connectivity index (χ0v) is 14.4. The standard InChI is InChI=1S/C19H29N3O/c1-14-7-8-18(21-9-3-4-10-21)17(12-14)19(23)22-11-5-6-16(13-22)15(2)20/h7-8,12,15-16H,3-6,9-11,13,20H2,1-2H3/t15-,16+/m0/s1. The van der Waals surface area contributed by atoms with Crippen LogP contribution in [0.25, 0.3) is 0 Å². The summed E-state index contributed by atoms with van der Waals surface area (Å²) in [6.45, 7) is 7.89. The van der Waals surface area contributed by atoms with Crippen molar-refractivity contribution in [1.29, 1.82) is 0 Å². The van der Waals surface area contributed by atoms with Crippen LogP contribution >= 0.6 is 0 Å². The first-order valence-electron chi connectivity index (χ1n) is 8.96. The molecule has 0 radical (unpaired) electrons. The number of nitrogens with zero attached hydrogens (tertiary/aromatic N) is 2. The van der Waals surface area contributed by atoms with Crippen molar-refractivity contribution in [2.24, 2.45) is 11.7 Å². The van der Waals surface area contributed by atoms with Crippen LogP contribution in [0.15, 0.2) is 18.2 Å². The van der Waals surface area contributed by atoms with Gasteiger partial charge in [-0.25, -0.2) is 0 Å². The molecule has 1 amide bonds. The van der Waals surface area contributed by atoms with Crippen LogP contribution in [0.2, 0.25) is 0 Å². The molecule has 0 saturated carbocycles. The predicted octanol–water partition coefficient (Wildman–Crippen LogP) is 2.79. The average Bonchev–Trinajstić information content (AvgIpc) is 3.08. The Morgan fingerprint density at radius 3 is 2.65 bits per heavy atom. The fourth-order valence-corrected chi connectivity index (χ4v) is 3.85. The molecule has 23 heavy (non-hydrogen) atoms. The molecule has 2 saturated heterocycles. The molecule has 126 valence electrons. The number of rotatable bonds is 3. The van der Waals surface area contributed by atoms with Crippen molar-refractivity contribution >= 4 is 11.6 Å². The first kappa shape index (κ1) is 16.3. The lowest BCUT2D eigenvalue weighted by Crippen LogP contribution is -2.45. The molecule has 4 heteroatoms. The molecule has 2 fully saturated rings. The van der Waals surface area contributed by atoms with E-state index in [4.69, 9.17) is 5.73 Å². The first-order valence-corrected chi connectivity index (χ1v) is 8.96. The maximum absolute atomic E-state index is 13.2. The number of piperidine rings is 1. The van der Waals surface area contributed by atoms with Crippen molar-refractivity contribution in [2.75, 3.05) is 31.1 Å². The molecule has 3 rings (SSSR count). The molecule has 4 nitrogen and oxygen atoms in total. The molecule has 2 aliphatic heterocycles. The minimum atomic E-state index is 0.154. The minimum Gasteiger partial charge on any atom is -0.371 e. The summed E-state index contributed by atoms with van der Waals surface area (Å²) in [5, 5.41) is 0. The smallest absolute Gasteiger partial charge is 0.255 e. The highest BCUT2D eigenvalue weighted by Gasteiger charge is 2.29. The predicted molar refractivity (Wildman–Crippen MR) is 94.9 cm³/mol. The van der Waals surface area contributed by atoms with Gasteiger partial charge < -0.3 is 15.5 Å². The normalized spacial score (nSPS) is 23.2.